The van der Waals surface area contributed by atoms with Gasteiger partial charge in [-0.15, -0.1) is 11.3 Å². The van der Waals surface area contributed by atoms with Crippen molar-refractivity contribution in [2.45, 2.75) is 31.8 Å². The Morgan fingerprint density at radius 2 is 2.00 bits per heavy atom. The quantitative estimate of drug-likeness (QED) is 0.780. The highest BCUT2D eigenvalue weighted by atomic mass is 79.9. The second kappa shape index (κ2) is 5.78. The van der Waals surface area contributed by atoms with Gasteiger partial charge in [0.15, 0.2) is 0 Å². The van der Waals surface area contributed by atoms with Crippen molar-refractivity contribution < 1.29 is 0 Å². The molecule has 1 heterocycles. The van der Waals surface area contributed by atoms with E-state index in [2.05, 4.69) is 69.9 Å². The molecule has 1 aromatic carbocycles. The van der Waals surface area contributed by atoms with E-state index in [-0.39, 0.29) is 0 Å². The summed E-state index contributed by atoms with van der Waals surface area (Å²) in [4.78, 5) is 1.47. The summed E-state index contributed by atoms with van der Waals surface area (Å²) in [5, 5.41) is 5.99. The SMILES string of the molecule is C[C@H](NC(c1cccs1)C1CC1)c1ccccc1Br. The molecule has 100 valence electrons. The maximum atomic E-state index is 3.82. The van der Waals surface area contributed by atoms with Crippen LogP contribution in [0, 0.1) is 5.92 Å². The van der Waals surface area contributed by atoms with Gasteiger partial charge in [-0.05, 0) is 48.8 Å². The average molecular weight is 336 g/mol. The summed E-state index contributed by atoms with van der Waals surface area (Å²) in [5.74, 6) is 0.823. The molecule has 0 bridgehead atoms. The fraction of sp³-hybridized carbons (Fsp3) is 0.375. The van der Waals surface area contributed by atoms with Gasteiger partial charge in [0.2, 0.25) is 0 Å². The van der Waals surface area contributed by atoms with Crippen LogP contribution in [0.5, 0.6) is 0 Å². The van der Waals surface area contributed by atoms with Crippen molar-refractivity contribution in [1.29, 1.82) is 0 Å². The Bertz CT molecular complexity index is 533. The minimum atomic E-state index is 0.364. The molecule has 1 fully saturated rings. The molecule has 1 nitrogen and oxygen atoms in total. The lowest BCUT2D eigenvalue weighted by Crippen LogP contribution is -2.25. The van der Waals surface area contributed by atoms with E-state index in [1.165, 1.54) is 27.8 Å². The molecular weight excluding hydrogens is 318 g/mol. The van der Waals surface area contributed by atoms with Gasteiger partial charge in [-0.2, -0.15) is 0 Å². The Hall–Kier alpha value is -0.640. The van der Waals surface area contributed by atoms with Crippen LogP contribution in [-0.2, 0) is 0 Å². The number of hydrogen-bond acceptors (Lipinski definition) is 2. The highest BCUT2D eigenvalue weighted by molar-refractivity contribution is 9.10. The fourth-order valence-corrected chi connectivity index (χ4v) is 4.04. The Morgan fingerprint density at radius 3 is 2.63 bits per heavy atom. The van der Waals surface area contributed by atoms with Crippen molar-refractivity contribution in [2.24, 2.45) is 5.92 Å². The molecule has 19 heavy (non-hydrogen) atoms. The van der Waals surface area contributed by atoms with E-state index >= 15 is 0 Å². The topological polar surface area (TPSA) is 12.0 Å². The van der Waals surface area contributed by atoms with E-state index in [0.717, 1.165) is 5.92 Å². The van der Waals surface area contributed by atoms with Crippen LogP contribution in [0.4, 0.5) is 0 Å². The predicted molar refractivity (Wildman–Crippen MR) is 85.5 cm³/mol. The van der Waals surface area contributed by atoms with Crippen molar-refractivity contribution >= 4 is 27.3 Å². The van der Waals surface area contributed by atoms with Crippen molar-refractivity contribution in [2.75, 3.05) is 0 Å². The van der Waals surface area contributed by atoms with E-state index in [1.54, 1.807) is 0 Å². The first-order valence-electron chi connectivity index (χ1n) is 6.79. The smallest absolute Gasteiger partial charge is 0.0448 e. The first-order valence-corrected chi connectivity index (χ1v) is 8.47. The Morgan fingerprint density at radius 1 is 1.21 bits per heavy atom. The summed E-state index contributed by atoms with van der Waals surface area (Å²) >= 11 is 5.52. The van der Waals surface area contributed by atoms with E-state index in [4.69, 9.17) is 0 Å². The summed E-state index contributed by atoms with van der Waals surface area (Å²) in [6.07, 6.45) is 2.72. The molecule has 1 N–H and O–H groups in total. The number of halogens is 1. The predicted octanol–water partition coefficient (Wildman–Crippen LogP) is 5.31. The molecule has 1 saturated carbocycles. The maximum Gasteiger partial charge on any atom is 0.0448 e. The average Bonchev–Trinajstić information content (AvgIpc) is 3.11. The lowest BCUT2D eigenvalue weighted by Gasteiger charge is -2.23. The Labute approximate surface area is 127 Å². The zero-order chi connectivity index (χ0) is 13.2. The molecule has 2 atom stereocenters. The molecule has 2 aromatic rings. The molecule has 1 aliphatic rings. The fourth-order valence-electron chi connectivity index (χ4n) is 2.53. The molecule has 0 radical (unpaired) electrons. The van der Waals surface area contributed by atoms with Gasteiger partial charge >= 0.3 is 0 Å². The van der Waals surface area contributed by atoms with Crippen LogP contribution in [0.15, 0.2) is 46.3 Å². The summed E-state index contributed by atoms with van der Waals surface area (Å²) < 4.78 is 1.19. The maximum absolute atomic E-state index is 3.82. The lowest BCUT2D eigenvalue weighted by molar-refractivity contribution is 0.432. The Kier molecular flexibility index (Phi) is 4.06. The summed E-state index contributed by atoms with van der Waals surface area (Å²) in [7, 11) is 0. The number of rotatable bonds is 5. The molecule has 1 aromatic heterocycles. The van der Waals surface area contributed by atoms with Crippen LogP contribution >= 0.6 is 27.3 Å². The normalized spacial score (nSPS) is 18.2. The molecule has 0 spiro atoms. The van der Waals surface area contributed by atoms with Crippen molar-refractivity contribution in [3.8, 4) is 0 Å². The Balaban J connectivity index is 1.77. The van der Waals surface area contributed by atoms with Crippen LogP contribution in [0.1, 0.15) is 42.3 Å². The van der Waals surface area contributed by atoms with E-state index in [0.29, 0.717) is 12.1 Å². The van der Waals surface area contributed by atoms with Gasteiger partial charge < -0.3 is 5.32 Å². The minimum Gasteiger partial charge on any atom is -0.302 e. The summed E-state index contributed by atoms with van der Waals surface area (Å²) in [6.45, 7) is 2.25. The third-order valence-corrected chi connectivity index (χ3v) is 5.42. The van der Waals surface area contributed by atoms with Crippen molar-refractivity contribution in [1.82, 2.24) is 5.32 Å². The molecule has 0 aliphatic heterocycles. The van der Waals surface area contributed by atoms with Crippen LogP contribution in [0.3, 0.4) is 0 Å². The third-order valence-electron chi connectivity index (χ3n) is 3.74. The minimum absolute atomic E-state index is 0.364. The molecule has 0 saturated heterocycles. The van der Waals surface area contributed by atoms with E-state index in [1.807, 2.05) is 11.3 Å². The van der Waals surface area contributed by atoms with E-state index < -0.39 is 0 Å². The zero-order valence-corrected chi connectivity index (χ0v) is 13.4. The van der Waals surface area contributed by atoms with Crippen LogP contribution in [0.2, 0.25) is 0 Å². The third kappa shape index (κ3) is 3.10. The molecule has 0 amide bonds. The van der Waals surface area contributed by atoms with Crippen molar-refractivity contribution in [3.05, 3.63) is 56.7 Å². The lowest BCUT2D eigenvalue weighted by atomic mass is 10.0. The first-order chi connectivity index (χ1) is 9.25. The van der Waals surface area contributed by atoms with Crippen LogP contribution < -0.4 is 5.32 Å². The highest BCUT2D eigenvalue weighted by Gasteiger charge is 2.33. The first kappa shape index (κ1) is 13.3. The number of benzene rings is 1. The monoisotopic (exact) mass is 335 g/mol. The number of nitrogens with one attached hydrogen (secondary N) is 1. The van der Waals surface area contributed by atoms with E-state index in [9.17, 15) is 0 Å². The molecule has 3 rings (SSSR count). The molecule has 1 unspecified atom stereocenters. The zero-order valence-electron chi connectivity index (χ0n) is 11.0. The summed E-state index contributed by atoms with van der Waals surface area (Å²) in [5.41, 5.74) is 1.34. The number of thiophene rings is 1. The number of hydrogen-bond donors (Lipinski definition) is 1. The van der Waals surface area contributed by atoms with Gasteiger partial charge in [-0.25, -0.2) is 0 Å². The van der Waals surface area contributed by atoms with Gasteiger partial charge in [-0.3, -0.25) is 0 Å². The van der Waals surface area contributed by atoms with Gasteiger partial charge in [0.25, 0.3) is 0 Å². The second-order valence-corrected chi connectivity index (χ2v) is 7.07. The largest absolute Gasteiger partial charge is 0.302 e. The van der Waals surface area contributed by atoms with Gasteiger partial charge in [0.1, 0.15) is 0 Å². The van der Waals surface area contributed by atoms with Gasteiger partial charge in [0, 0.05) is 21.4 Å². The highest BCUT2D eigenvalue weighted by Crippen LogP contribution is 2.43. The summed E-state index contributed by atoms with van der Waals surface area (Å²) in [6, 6.07) is 13.8. The molecular formula is C16H18BrNS. The van der Waals surface area contributed by atoms with Gasteiger partial charge in [-0.1, -0.05) is 40.2 Å². The molecule has 3 heteroatoms. The van der Waals surface area contributed by atoms with Crippen LogP contribution in [0.25, 0.3) is 0 Å². The van der Waals surface area contributed by atoms with Crippen molar-refractivity contribution in [3.63, 3.8) is 0 Å². The second-order valence-electron chi connectivity index (χ2n) is 5.24. The standard InChI is InChI=1S/C16H18BrNS/c1-11(13-5-2-3-6-14(13)17)18-16(12-8-9-12)15-7-4-10-19-15/h2-7,10-12,16,18H,8-9H2,1H3/t11-,16?/m0/s1. The van der Waals surface area contributed by atoms with Gasteiger partial charge in [0.05, 0.1) is 0 Å². The van der Waals surface area contributed by atoms with Crippen LogP contribution in [-0.4, -0.2) is 0 Å². The molecule has 1 aliphatic carbocycles.